The van der Waals surface area contributed by atoms with E-state index in [-0.39, 0.29) is 0 Å². The largest absolute Gasteiger partial charge is 0.353 e. The number of hydrogen-bond acceptors (Lipinski definition) is 4. The maximum absolute atomic E-state index is 5.43. The Bertz CT molecular complexity index is 659. The average Bonchev–Trinajstić information content (AvgIpc) is 2.99. The van der Waals surface area contributed by atoms with Gasteiger partial charge in [0.1, 0.15) is 5.82 Å². The SMILES string of the molecule is Cc1cc(-c2nnc3n2C2CC4CC(CC3C4)C2)on1. The Balaban J connectivity index is 1.69. The first-order valence-corrected chi connectivity index (χ1v) is 7.66. The molecular formula is C15H18N4O. The van der Waals surface area contributed by atoms with E-state index in [1.807, 2.05) is 13.0 Å². The topological polar surface area (TPSA) is 56.7 Å². The van der Waals surface area contributed by atoms with Crippen LogP contribution in [0, 0.1) is 18.8 Å². The lowest BCUT2D eigenvalue weighted by atomic mass is 9.68. The van der Waals surface area contributed by atoms with Crippen molar-refractivity contribution in [1.82, 2.24) is 19.9 Å². The third-order valence-corrected chi connectivity index (χ3v) is 5.41. The third-order valence-electron chi connectivity index (χ3n) is 5.41. The Morgan fingerprint density at radius 3 is 2.60 bits per heavy atom. The first-order valence-electron chi connectivity index (χ1n) is 7.66. The standard InChI is InChI=1S/C15H18N4O/c1-8-2-13(20-18-8)15-17-16-14-11-4-9-3-10(5-11)7-12(6-9)19(14)15/h2,9-12H,3-7H2,1H3. The molecular weight excluding hydrogens is 252 g/mol. The molecule has 4 heterocycles. The number of aryl methyl sites for hydroxylation is 1. The monoisotopic (exact) mass is 270 g/mol. The van der Waals surface area contributed by atoms with Crippen molar-refractivity contribution >= 4 is 0 Å². The normalized spacial score (nSPS) is 34.2. The lowest BCUT2D eigenvalue weighted by molar-refractivity contribution is 0.150. The maximum atomic E-state index is 5.43. The highest BCUT2D eigenvalue weighted by Gasteiger charge is 2.44. The van der Waals surface area contributed by atoms with Crippen molar-refractivity contribution < 1.29 is 4.52 Å². The molecule has 2 fully saturated rings. The van der Waals surface area contributed by atoms with Crippen LogP contribution >= 0.6 is 0 Å². The van der Waals surface area contributed by atoms with Crippen molar-refractivity contribution in [3.63, 3.8) is 0 Å². The summed E-state index contributed by atoms with van der Waals surface area (Å²) in [6, 6.07) is 2.53. The molecule has 0 radical (unpaired) electrons. The van der Waals surface area contributed by atoms with E-state index in [0.29, 0.717) is 12.0 Å². The van der Waals surface area contributed by atoms with Gasteiger partial charge >= 0.3 is 0 Å². The summed E-state index contributed by atoms with van der Waals surface area (Å²) in [5.74, 6) is 5.24. The summed E-state index contributed by atoms with van der Waals surface area (Å²) in [6.07, 6.45) is 6.62. The maximum Gasteiger partial charge on any atom is 0.204 e. The highest BCUT2D eigenvalue weighted by Crippen LogP contribution is 2.53. The number of nitrogens with zero attached hydrogens (tertiary/aromatic N) is 4. The van der Waals surface area contributed by atoms with E-state index < -0.39 is 0 Å². The minimum atomic E-state index is 0.566. The van der Waals surface area contributed by atoms with Gasteiger partial charge in [0.25, 0.3) is 0 Å². The van der Waals surface area contributed by atoms with Crippen molar-refractivity contribution in [3.8, 4) is 11.6 Å². The molecule has 2 saturated carbocycles. The van der Waals surface area contributed by atoms with Crippen LogP contribution in [0.1, 0.15) is 55.6 Å². The molecule has 6 rings (SSSR count). The Morgan fingerprint density at radius 1 is 1.10 bits per heavy atom. The van der Waals surface area contributed by atoms with Crippen LogP contribution in [-0.2, 0) is 0 Å². The Hall–Kier alpha value is -1.65. The molecule has 0 spiro atoms. The second-order valence-electron chi connectivity index (χ2n) is 6.85. The van der Waals surface area contributed by atoms with E-state index >= 15 is 0 Å². The van der Waals surface area contributed by atoms with Gasteiger partial charge in [0.15, 0.2) is 0 Å². The summed E-state index contributed by atoms with van der Waals surface area (Å²) in [6.45, 7) is 1.94. The second-order valence-corrected chi connectivity index (χ2v) is 6.85. The molecule has 2 aliphatic carbocycles. The van der Waals surface area contributed by atoms with Crippen molar-refractivity contribution in [2.75, 3.05) is 0 Å². The number of aromatic nitrogens is 4. The molecule has 20 heavy (non-hydrogen) atoms. The zero-order chi connectivity index (χ0) is 13.3. The number of hydrogen-bond donors (Lipinski definition) is 0. The van der Waals surface area contributed by atoms with Gasteiger partial charge in [-0.15, -0.1) is 10.2 Å². The van der Waals surface area contributed by atoms with Crippen LogP contribution in [0.5, 0.6) is 0 Å². The lowest BCUT2D eigenvalue weighted by Crippen LogP contribution is -2.27. The van der Waals surface area contributed by atoms with Gasteiger partial charge in [-0.3, -0.25) is 0 Å². The summed E-state index contributed by atoms with van der Waals surface area (Å²) >= 11 is 0. The lowest BCUT2D eigenvalue weighted by Gasteiger charge is -2.38. The van der Waals surface area contributed by atoms with E-state index in [2.05, 4.69) is 19.9 Å². The number of rotatable bonds is 1. The molecule has 4 aliphatic rings. The predicted molar refractivity (Wildman–Crippen MR) is 72.1 cm³/mol. The third kappa shape index (κ3) is 1.41. The Labute approximate surface area is 117 Å². The molecule has 4 bridgehead atoms. The van der Waals surface area contributed by atoms with Gasteiger partial charge in [-0.2, -0.15) is 0 Å². The van der Waals surface area contributed by atoms with Gasteiger partial charge in [-0.25, -0.2) is 0 Å². The van der Waals surface area contributed by atoms with Gasteiger partial charge in [0, 0.05) is 18.0 Å². The Morgan fingerprint density at radius 2 is 1.90 bits per heavy atom. The zero-order valence-electron chi connectivity index (χ0n) is 11.6. The van der Waals surface area contributed by atoms with Crippen molar-refractivity contribution in [3.05, 3.63) is 17.6 Å². The van der Waals surface area contributed by atoms with Gasteiger partial charge in [-0.05, 0) is 50.9 Å². The molecule has 5 heteroatoms. The minimum absolute atomic E-state index is 0.566. The summed E-state index contributed by atoms with van der Waals surface area (Å²) in [5, 5.41) is 12.9. The summed E-state index contributed by atoms with van der Waals surface area (Å²) in [7, 11) is 0. The van der Waals surface area contributed by atoms with Crippen LogP contribution in [0.2, 0.25) is 0 Å². The van der Waals surface area contributed by atoms with E-state index in [9.17, 15) is 0 Å². The average molecular weight is 270 g/mol. The summed E-state index contributed by atoms with van der Waals surface area (Å²) < 4.78 is 7.81. The highest BCUT2D eigenvalue weighted by atomic mass is 16.5. The van der Waals surface area contributed by atoms with Crippen LogP contribution in [0.3, 0.4) is 0 Å². The van der Waals surface area contributed by atoms with Crippen molar-refractivity contribution in [1.29, 1.82) is 0 Å². The molecule has 0 amide bonds. The molecule has 2 aliphatic heterocycles. The molecule has 0 N–H and O–H groups in total. The van der Waals surface area contributed by atoms with E-state index in [0.717, 1.165) is 29.1 Å². The summed E-state index contributed by atoms with van der Waals surface area (Å²) in [5.41, 5.74) is 0.900. The van der Waals surface area contributed by atoms with Gasteiger partial charge < -0.3 is 9.09 Å². The van der Waals surface area contributed by atoms with Crippen LogP contribution in [0.4, 0.5) is 0 Å². The molecule has 5 nitrogen and oxygen atoms in total. The van der Waals surface area contributed by atoms with E-state index in [1.165, 1.54) is 37.9 Å². The molecule has 0 aromatic carbocycles. The van der Waals surface area contributed by atoms with Gasteiger partial charge in [-0.1, -0.05) is 5.16 Å². The van der Waals surface area contributed by atoms with Crippen LogP contribution < -0.4 is 0 Å². The second kappa shape index (κ2) is 3.71. The first kappa shape index (κ1) is 11.1. The van der Waals surface area contributed by atoms with E-state index in [1.54, 1.807) is 0 Å². The quantitative estimate of drug-likeness (QED) is 0.799. The fourth-order valence-corrected chi connectivity index (χ4v) is 4.82. The fraction of sp³-hybridized carbons (Fsp3) is 0.667. The summed E-state index contributed by atoms with van der Waals surface area (Å²) in [4.78, 5) is 0. The first-order chi connectivity index (χ1) is 9.78. The molecule has 2 unspecified atom stereocenters. The van der Waals surface area contributed by atoms with Crippen molar-refractivity contribution in [2.45, 2.75) is 51.0 Å². The molecule has 104 valence electrons. The fourth-order valence-electron chi connectivity index (χ4n) is 4.82. The van der Waals surface area contributed by atoms with Gasteiger partial charge in [0.05, 0.1) is 5.69 Å². The predicted octanol–water partition coefficient (Wildman–Crippen LogP) is 3.09. The highest BCUT2D eigenvalue weighted by molar-refractivity contribution is 5.48. The van der Waals surface area contributed by atoms with Crippen LogP contribution in [0.15, 0.2) is 10.6 Å². The minimum Gasteiger partial charge on any atom is -0.353 e. The van der Waals surface area contributed by atoms with Gasteiger partial charge in [0.2, 0.25) is 11.6 Å². The smallest absolute Gasteiger partial charge is 0.204 e. The molecule has 2 aromatic heterocycles. The zero-order valence-corrected chi connectivity index (χ0v) is 11.6. The Kier molecular flexibility index (Phi) is 2.05. The van der Waals surface area contributed by atoms with Crippen LogP contribution in [-0.4, -0.2) is 19.9 Å². The van der Waals surface area contributed by atoms with Crippen molar-refractivity contribution in [2.24, 2.45) is 11.8 Å². The molecule has 2 aromatic rings. The molecule has 0 saturated heterocycles. The molecule has 2 atom stereocenters. The van der Waals surface area contributed by atoms with Crippen LogP contribution in [0.25, 0.3) is 11.6 Å². The van der Waals surface area contributed by atoms with E-state index in [4.69, 9.17) is 4.52 Å².